The van der Waals surface area contributed by atoms with E-state index in [1.54, 1.807) is 37.2 Å². The van der Waals surface area contributed by atoms with Crippen molar-refractivity contribution in [2.24, 2.45) is 0 Å². The zero-order valence-corrected chi connectivity index (χ0v) is 29.0. The molecule has 4 aliphatic heterocycles. The molecule has 0 saturated carbocycles. The van der Waals surface area contributed by atoms with Crippen molar-refractivity contribution in [3.63, 3.8) is 0 Å². The summed E-state index contributed by atoms with van der Waals surface area (Å²) in [5.74, 6) is -1.33. The number of ether oxygens (including phenoxy) is 3. The van der Waals surface area contributed by atoms with Crippen LogP contribution in [-0.2, 0) is 28.6 Å². The predicted octanol–water partition coefficient (Wildman–Crippen LogP) is 4.55. The van der Waals surface area contributed by atoms with Crippen LogP contribution in [0.25, 0.3) is 0 Å². The third kappa shape index (κ3) is 7.28. The largest absolute Gasteiger partial charge is 0.451 e. The average molecular weight is 701 g/mol. The van der Waals surface area contributed by atoms with Crippen molar-refractivity contribution in [3.8, 4) is 0 Å². The molecule has 0 radical (unpaired) electrons. The van der Waals surface area contributed by atoms with Crippen molar-refractivity contribution in [2.75, 3.05) is 26.2 Å². The van der Waals surface area contributed by atoms with Gasteiger partial charge in [0, 0.05) is 25.2 Å². The van der Waals surface area contributed by atoms with Crippen LogP contribution in [0.15, 0.2) is 95.9 Å². The number of benzene rings is 2. The van der Waals surface area contributed by atoms with E-state index < -0.39 is 53.2 Å². The van der Waals surface area contributed by atoms with Gasteiger partial charge in [-0.15, -0.1) is 11.8 Å². The molecule has 13 heteroatoms. The first kappa shape index (κ1) is 34.8. The Morgan fingerprint density at radius 1 is 1.02 bits per heavy atom. The first-order valence-corrected chi connectivity index (χ1v) is 17.4. The molecular formula is C37H40N4O8S. The van der Waals surface area contributed by atoms with Crippen molar-refractivity contribution >= 4 is 41.7 Å². The molecule has 4 aliphatic rings. The zero-order chi connectivity index (χ0) is 35.6. The number of hydrogen-bond donors (Lipinski definition) is 1. The van der Waals surface area contributed by atoms with Crippen molar-refractivity contribution in [1.82, 2.24) is 20.0 Å². The van der Waals surface area contributed by atoms with Gasteiger partial charge in [0.05, 0.1) is 6.04 Å². The smallest absolute Gasteiger partial charge is 0.410 e. The highest BCUT2D eigenvalue weighted by Gasteiger charge is 2.57. The number of thioether (sulfide) groups is 1. The van der Waals surface area contributed by atoms with Gasteiger partial charge in [-0.1, -0.05) is 73.3 Å². The summed E-state index contributed by atoms with van der Waals surface area (Å²) in [5.41, 5.74) is 1.66. The van der Waals surface area contributed by atoms with Crippen LogP contribution >= 0.6 is 11.8 Å². The minimum Gasteiger partial charge on any atom is -0.451 e. The van der Waals surface area contributed by atoms with E-state index in [4.69, 9.17) is 14.2 Å². The van der Waals surface area contributed by atoms with Gasteiger partial charge < -0.3 is 34.2 Å². The molecule has 0 unspecified atom stereocenters. The molecule has 4 amide bonds. The fourth-order valence-corrected chi connectivity index (χ4v) is 7.51. The van der Waals surface area contributed by atoms with Crippen LogP contribution < -0.4 is 5.32 Å². The van der Waals surface area contributed by atoms with Gasteiger partial charge in [0.25, 0.3) is 0 Å². The van der Waals surface area contributed by atoms with Crippen molar-refractivity contribution in [1.29, 1.82) is 0 Å². The minimum atomic E-state index is -1.17. The van der Waals surface area contributed by atoms with E-state index >= 15 is 0 Å². The Labute approximate surface area is 295 Å². The second-order valence-electron chi connectivity index (χ2n) is 13.4. The van der Waals surface area contributed by atoms with Gasteiger partial charge in [-0.3, -0.25) is 9.59 Å². The lowest BCUT2D eigenvalue weighted by molar-refractivity contribution is -0.164. The Morgan fingerprint density at radius 2 is 1.66 bits per heavy atom. The lowest BCUT2D eigenvalue weighted by Crippen LogP contribution is -2.74. The molecule has 2 aromatic carbocycles. The molecule has 50 heavy (non-hydrogen) atoms. The third-order valence-electron chi connectivity index (χ3n) is 8.74. The fraction of sp³-hybridized carbons (Fsp3) is 0.378. The molecule has 0 bridgehead atoms. The number of rotatable bonds is 9. The topological polar surface area (TPSA) is 135 Å². The van der Waals surface area contributed by atoms with E-state index in [-0.39, 0.29) is 18.6 Å². The van der Waals surface area contributed by atoms with Crippen molar-refractivity contribution in [3.05, 3.63) is 107 Å². The average Bonchev–Trinajstić information content (AvgIpc) is 3.42. The maximum Gasteiger partial charge on any atom is 0.410 e. The van der Waals surface area contributed by atoms with Crippen LogP contribution in [0.4, 0.5) is 9.59 Å². The van der Waals surface area contributed by atoms with E-state index in [0.717, 1.165) is 11.1 Å². The molecule has 3 saturated heterocycles. The number of nitrogens with one attached hydrogen (secondary N) is 1. The number of alkyl carbamates (subject to hydrolysis) is 1. The first-order chi connectivity index (χ1) is 23.9. The lowest BCUT2D eigenvalue weighted by atomic mass is 9.95. The van der Waals surface area contributed by atoms with Crippen LogP contribution in [0.3, 0.4) is 0 Å². The second-order valence-corrected chi connectivity index (χ2v) is 14.4. The second kappa shape index (κ2) is 14.4. The van der Waals surface area contributed by atoms with Gasteiger partial charge in [-0.05, 0) is 55.4 Å². The number of amides is 4. The Hall–Kier alpha value is -5.04. The summed E-state index contributed by atoms with van der Waals surface area (Å²) in [5, 5.41) is 3.81. The Morgan fingerprint density at radius 3 is 2.26 bits per heavy atom. The molecule has 3 fully saturated rings. The quantitative estimate of drug-likeness (QED) is 0.132. The normalized spacial score (nSPS) is 22.7. The maximum atomic E-state index is 14.3. The number of likely N-dealkylation sites (tertiary alicyclic amines) is 2. The maximum absolute atomic E-state index is 14.3. The molecule has 262 valence electrons. The molecule has 1 N–H and O–H groups in total. The van der Waals surface area contributed by atoms with Gasteiger partial charge in [0.15, 0.2) is 12.1 Å². The van der Waals surface area contributed by atoms with E-state index in [0.29, 0.717) is 37.2 Å². The Bertz CT molecular complexity index is 1680. The predicted molar refractivity (Wildman–Crippen MR) is 185 cm³/mol. The first-order valence-electron chi connectivity index (χ1n) is 16.5. The summed E-state index contributed by atoms with van der Waals surface area (Å²) in [6, 6.07) is 16.4. The number of nitrogens with zero attached hydrogens (tertiary/aromatic N) is 3. The summed E-state index contributed by atoms with van der Waals surface area (Å²) < 4.78 is 16.7. The van der Waals surface area contributed by atoms with Crippen LogP contribution in [0, 0.1) is 0 Å². The highest BCUT2D eigenvalue weighted by Crippen LogP contribution is 2.42. The van der Waals surface area contributed by atoms with Crippen molar-refractivity contribution in [2.45, 2.75) is 62.4 Å². The van der Waals surface area contributed by atoms with E-state index in [9.17, 15) is 24.0 Å². The van der Waals surface area contributed by atoms with Gasteiger partial charge in [-0.25, -0.2) is 14.4 Å². The molecule has 4 heterocycles. The lowest BCUT2D eigenvalue weighted by Gasteiger charge is -2.51. The van der Waals surface area contributed by atoms with Crippen LogP contribution in [0.2, 0.25) is 0 Å². The fourth-order valence-electron chi connectivity index (χ4n) is 6.31. The summed E-state index contributed by atoms with van der Waals surface area (Å²) in [6.07, 6.45) is 1.65. The molecule has 0 aliphatic carbocycles. The third-order valence-corrected chi connectivity index (χ3v) is 9.92. The SMILES string of the molecule is C=CCOC(=O)N1CC(N2CC/C(=C\C3=CS[C@@H]4[C@H](NC(=O)OC(C)(C)C)C(=O)N4[C@H]3C(=O)OC(c3ccccc3)c3ccccc3)C2=O)C1. The van der Waals surface area contributed by atoms with Crippen LogP contribution in [0.5, 0.6) is 0 Å². The molecule has 12 nitrogen and oxygen atoms in total. The number of fused-ring (bicyclic) bond motifs is 1. The molecular weight excluding hydrogens is 660 g/mol. The molecule has 3 atom stereocenters. The summed E-state index contributed by atoms with van der Waals surface area (Å²) in [7, 11) is 0. The number of esters is 1. The number of β-lactam (4-membered cyclic amide) rings is 1. The van der Waals surface area contributed by atoms with Gasteiger partial charge >= 0.3 is 18.2 Å². The summed E-state index contributed by atoms with van der Waals surface area (Å²) in [6.45, 7) is 10.0. The van der Waals surface area contributed by atoms with E-state index in [2.05, 4.69) is 11.9 Å². The van der Waals surface area contributed by atoms with Crippen molar-refractivity contribution < 1.29 is 38.2 Å². The van der Waals surface area contributed by atoms with Gasteiger partial charge in [-0.2, -0.15) is 0 Å². The van der Waals surface area contributed by atoms with Crippen LogP contribution in [0.1, 0.15) is 44.4 Å². The number of carbonyl (C=O) groups is 5. The Balaban J connectivity index is 1.25. The zero-order valence-electron chi connectivity index (χ0n) is 28.2. The van der Waals surface area contributed by atoms with E-state index in [1.807, 2.05) is 60.7 Å². The molecule has 2 aromatic rings. The number of hydrogen-bond acceptors (Lipinski definition) is 9. The summed E-state index contributed by atoms with van der Waals surface area (Å²) >= 11 is 1.27. The van der Waals surface area contributed by atoms with E-state index in [1.165, 1.54) is 27.6 Å². The standard InChI is InChI=1S/C37H40N4O8S/c1-5-18-47-36(46)39-20-27(21-39)40-17-16-25(31(40)42)19-26-22-50-33-28(38-35(45)49-37(2,3)4)32(43)41(33)29(26)34(44)48-30(23-12-8-6-9-13-23)24-14-10-7-11-15-24/h5-15,19,22,27-30,33H,1,16-18,20-21H2,2-4H3,(H,38,45)/b25-19+/t28-,29-,33-/m1/s1. The highest BCUT2D eigenvalue weighted by atomic mass is 32.2. The molecule has 0 spiro atoms. The van der Waals surface area contributed by atoms with Crippen LogP contribution in [-0.4, -0.2) is 100 Å². The minimum absolute atomic E-state index is 0.113. The monoisotopic (exact) mass is 700 g/mol. The van der Waals surface area contributed by atoms with Gasteiger partial charge in [0.1, 0.15) is 23.6 Å². The summed E-state index contributed by atoms with van der Waals surface area (Å²) in [4.78, 5) is 71.1. The Kier molecular flexibility index (Phi) is 10.1. The van der Waals surface area contributed by atoms with Gasteiger partial charge in [0.2, 0.25) is 11.8 Å². The molecule has 6 rings (SSSR count). The highest BCUT2D eigenvalue weighted by molar-refractivity contribution is 8.03. The molecule has 0 aromatic heterocycles. The number of carbonyl (C=O) groups excluding carboxylic acids is 5.